The predicted molar refractivity (Wildman–Crippen MR) is 111 cm³/mol. The first-order valence-electron chi connectivity index (χ1n) is 10.6. The zero-order valence-corrected chi connectivity index (χ0v) is 18.4. The number of ether oxygens (including phenoxy) is 2. The second-order valence-electron chi connectivity index (χ2n) is 10.2. The summed E-state index contributed by atoms with van der Waals surface area (Å²) in [6, 6.07) is 3.07. The molecule has 4 rings (SSSR count). The number of aliphatic hydroxyl groups is 2. The Morgan fingerprint density at radius 2 is 1.90 bits per heavy atom. The van der Waals surface area contributed by atoms with Crippen LogP contribution in [-0.2, 0) is 4.74 Å². The molecule has 6 nitrogen and oxygen atoms in total. The van der Waals surface area contributed by atoms with Gasteiger partial charge >= 0.3 is 5.97 Å². The maximum absolute atomic E-state index is 12.9. The molecule has 2 unspecified atom stereocenters. The molecule has 2 saturated carbocycles. The number of aryl methyl sites for hydroxylation is 1. The molecule has 0 heterocycles. The van der Waals surface area contributed by atoms with E-state index >= 15 is 0 Å². The van der Waals surface area contributed by atoms with Crippen molar-refractivity contribution in [2.75, 3.05) is 13.7 Å². The highest BCUT2D eigenvalue weighted by molar-refractivity contribution is 5.94. The largest absolute Gasteiger partial charge is 0.507 e. The van der Waals surface area contributed by atoms with Crippen molar-refractivity contribution in [2.24, 2.45) is 22.7 Å². The number of aromatic hydroxyl groups is 1. The fourth-order valence-corrected chi connectivity index (χ4v) is 6.40. The average molecular weight is 417 g/mol. The lowest BCUT2D eigenvalue weighted by atomic mass is 9.49. The summed E-state index contributed by atoms with van der Waals surface area (Å²) in [7, 11) is 1.50. The Hall–Kier alpha value is -2.05. The van der Waals surface area contributed by atoms with Crippen molar-refractivity contribution in [3.63, 3.8) is 0 Å². The van der Waals surface area contributed by atoms with E-state index in [-0.39, 0.29) is 34.7 Å². The Morgan fingerprint density at radius 3 is 2.50 bits per heavy atom. The lowest BCUT2D eigenvalue weighted by Crippen LogP contribution is -2.56. The van der Waals surface area contributed by atoms with Gasteiger partial charge < -0.3 is 24.8 Å². The van der Waals surface area contributed by atoms with Crippen molar-refractivity contribution in [3.05, 3.63) is 34.4 Å². The van der Waals surface area contributed by atoms with Gasteiger partial charge in [0.05, 0.1) is 19.8 Å². The highest BCUT2D eigenvalue weighted by Crippen LogP contribution is 2.66. The van der Waals surface area contributed by atoms with E-state index < -0.39 is 18.2 Å². The first-order chi connectivity index (χ1) is 14.0. The lowest BCUT2D eigenvalue weighted by Gasteiger charge is -2.57. The van der Waals surface area contributed by atoms with Crippen molar-refractivity contribution < 1.29 is 29.6 Å². The number of carbonyl (C=O) groups is 1. The number of methoxy groups -OCH3 is 1. The zero-order chi connectivity index (χ0) is 22.0. The van der Waals surface area contributed by atoms with Gasteiger partial charge in [0.2, 0.25) is 0 Å². The third-order valence-corrected chi connectivity index (χ3v) is 7.70. The molecule has 0 amide bonds. The van der Waals surface area contributed by atoms with Crippen LogP contribution < -0.4 is 4.74 Å². The predicted octanol–water partition coefficient (Wildman–Crippen LogP) is 3.36. The third-order valence-electron chi connectivity index (χ3n) is 7.70. The van der Waals surface area contributed by atoms with Crippen molar-refractivity contribution in [2.45, 2.75) is 59.2 Å². The minimum absolute atomic E-state index is 0.117. The van der Waals surface area contributed by atoms with Crippen LogP contribution in [0.4, 0.5) is 0 Å². The summed E-state index contributed by atoms with van der Waals surface area (Å²) >= 11 is 0. The molecule has 1 aromatic rings. The number of aliphatic hydroxyl groups excluding tert-OH is 2. The number of phenols is 1. The molecule has 0 bridgehead atoms. The van der Waals surface area contributed by atoms with E-state index in [0.29, 0.717) is 29.2 Å². The summed E-state index contributed by atoms with van der Waals surface area (Å²) in [5, 5.41) is 31.4. The molecular formula is C24H32O6. The van der Waals surface area contributed by atoms with Crippen molar-refractivity contribution >= 4 is 5.97 Å². The smallest absolute Gasteiger partial charge is 0.342 e. The number of fused-ring (bicyclic) bond motifs is 3. The Morgan fingerprint density at radius 1 is 1.20 bits per heavy atom. The highest BCUT2D eigenvalue weighted by Gasteiger charge is 2.63. The molecule has 30 heavy (non-hydrogen) atoms. The second-order valence-corrected chi connectivity index (χ2v) is 10.2. The summed E-state index contributed by atoms with van der Waals surface area (Å²) < 4.78 is 10.9. The molecule has 3 aliphatic rings. The van der Waals surface area contributed by atoms with Crippen LogP contribution in [0.2, 0.25) is 0 Å². The van der Waals surface area contributed by atoms with Crippen LogP contribution in [-0.4, -0.2) is 47.2 Å². The molecular weight excluding hydrogens is 384 g/mol. The van der Waals surface area contributed by atoms with E-state index in [2.05, 4.69) is 20.8 Å². The summed E-state index contributed by atoms with van der Waals surface area (Å²) in [5.41, 5.74) is 2.12. The van der Waals surface area contributed by atoms with Gasteiger partial charge in [-0.15, -0.1) is 0 Å². The van der Waals surface area contributed by atoms with Gasteiger partial charge in [0, 0.05) is 6.07 Å². The minimum Gasteiger partial charge on any atom is -0.507 e. The van der Waals surface area contributed by atoms with Crippen LogP contribution in [0.25, 0.3) is 0 Å². The summed E-state index contributed by atoms with van der Waals surface area (Å²) in [6.07, 6.45) is 1.39. The van der Waals surface area contributed by atoms with E-state index in [0.717, 1.165) is 18.4 Å². The van der Waals surface area contributed by atoms with E-state index in [1.165, 1.54) is 13.2 Å². The first-order valence-corrected chi connectivity index (χ1v) is 10.6. The molecule has 5 atom stereocenters. The summed E-state index contributed by atoms with van der Waals surface area (Å²) in [4.78, 5) is 12.9. The minimum atomic E-state index is -0.706. The Bertz CT molecular complexity index is 893. The molecule has 0 spiro atoms. The topological polar surface area (TPSA) is 96.2 Å². The first kappa shape index (κ1) is 21.2. The van der Waals surface area contributed by atoms with E-state index in [9.17, 15) is 20.1 Å². The molecule has 0 saturated heterocycles. The van der Waals surface area contributed by atoms with E-state index in [1.807, 2.05) is 0 Å². The van der Waals surface area contributed by atoms with Gasteiger partial charge in [-0.2, -0.15) is 0 Å². The fourth-order valence-electron chi connectivity index (χ4n) is 6.40. The average Bonchev–Trinajstić information content (AvgIpc) is 2.99. The Kier molecular flexibility index (Phi) is 4.94. The van der Waals surface area contributed by atoms with Crippen LogP contribution in [0.1, 0.15) is 56.0 Å². The molecule has 0 aliphatic heterocycles. The normalized spacial score (nSPS) is 34.1. The molecule has 6 heteroatoms. The van der Waals surface area contributed by atoms with Gasteiger partial charge in [-0.3, -0.25) is 0 Å². The molecule has 1 aromatic carbocycles. The maximum Gasteiger partial charge on any atom is 0.342 e. The molecule has 2 fully saturated rings. The Labute approximate surface area is 177 Å². The number of hydrogen-bond donors (Lipinski definition) is 3. The van der Waals surface area contributed by atoms with Crippen LogP contribution in [0.15, 0.2) is 23.3 Å². The Balaban J connectivity index is 1.63. The summed E-state index contributed by atoms with van der Waals surface area (Å²) in [5.74, 6) is 0.108. The SMILES string of the molecule is COc1cc(C)c(C(=O)O[C@@H]2C[C@@]3(C)C2=C(CO)[C@@H](O)C2CC(C)(C)CC23)c(O)c1. The van der Waals surface area contributed by atoms with Crippen LogP contribution in [0.5, 0.6) is 11.5 Å². The van der Waals surface area contributed by atoms with Crippen LogP contribution >= 0.6 is 0 Å². The van der Waals surface area contributed by atoms with Crippen LogP contribution in [0, 0.1) is 29.6 Å². The number of rotatable bonds is 4. The number of phenolic OH excluding ortho intramolecular Hbond substituents is 1. The molecule has 0 aromatic heterocycles. The molecule has 3 N–H and O–H groups in total. The quantitative estimate of drug-likeness (QED) is 0.515. The van der Waals surface area contributed by atoms with Gasteiger partial charge in [-0.05, 0) is 71.6 Å². The molecule has 0 radical (unpaired) electrons. The standard InChI is InChI=1S/C24H32O6/c1-12-6-13(29-5)7-17(26)19(12)22(28)30-18-10-24(4)16-9-23(2,3)8-14(16)21(27)15(11-25)20(18)24/h6-7,14,16,18,21,25-27H,8-11H2,1-5H3/t14?,16?,18-,21+,24-/m1/s1. The van der Waals surface area contributed by atoms with Gasteiger partial charge in [-0.1, -0.05) is 20.8 Å². The van der Waals surface area contributed by atoms with E-state index in [4.69, 9.17) is 9.47 Å². The third kappa shape index (κ3) is 3.04. The monoisotopic (exact) mass is 416 g/mol. The van der Waals surface area contributed by atoms with Crippen LogP contribution in [0.3, 0.4) is 0 Å². The fraction of sp³-hybridized carbons (Fsp3) is 0.625. The van der Waals surface area contributed by atoms with Crippen molar-refractivity contribution in [1.82, 2.24) is 0 Å². The lowest BCUT2D eigenvalue weighted by molar-refractivity contribution is -0.0571. The van der Waals surface area contributed by atoms with Gasteiger partial charge in [0.15, 0.2) is 0 Å². The van der Waals surface area contributed by atoms with Crippen molar-refractivity contribution in [3.8, 4) is 11.5 Å². The van der Waals surface area contributed by atoms with Crippen molar-refractivity contribution in [1.29, 1.82) is 0 Å². The maximum atomic E-state index is 12.9. The number of carbonyl (C=O) groups excluding carboxylic acids is 1. The van der Waals surface area contributed by atoms with Gasteiger partial charge in [-0.25, -0.2) is 4.79 Å². The number of esters is 1. The van der Waals surface area contributed by atoms with Gasteiger partial charge in [0.1, 0.15) is 23.2 Å². The van der Waals surface area contributed by atoms with E-state index in [1.54, 1.807) is 13.0 Å². The number of benzene rings is 1. The molecule has 164 valence electrons. The number of hydrogen-bond acceptors (Lipinski definition) is 6. The van der Waals surface area contributed by atoms with Gasteiger partial charge in [0.25, 0.3) is 0 Å². The highest BCUT2D eigenvalue weighted by atomic mass is 16.5. The second kappa shape index (κ2) is 6.99. The molecule has 3 aliphatic carbocycles. The zero-order valence-electron chi connectivity index (χ0n) is 18.4. The summed E-state index contributed by atoms with van der Waals surface area (Å²) in [6.45, 7) is 8.11.